The number of likely N-dealkylation sites (N-methyl/N-ethyl adjacent to an activating group) is 1. The number of benzene rings is 1. The van der Waals surface area contributed by atoms with Crippen LogP contribution in [0.5, 0.6) is 0 Å². The van der Waals surface area contributed by atoms with E-state index in [1.807, 2.05) is 44.7 Å². The molecule has 0 saturated carbocycles. The SMILES string of the molecule is C[C@@H]1CN(C(=O)C(=O)Nc2cncc3cnn(C4CCCCO4)c23)[C@@H](c2cccc(N3CCN(C)CC3)c2)CN1C(=O)C(C)(C)C. The Balaban J connectivity index is 1.29. The van der Waals surface area contributed by atoms with E-state index in [1.165, 1.54) is 0 Å². The van der Waals surface area contributed by atoms with Crippen LogP contribution in [0.25, 0.3) is 10.9 Å². The topological polar surface area (TPSA) is 116 Å². The molecule has 0 spiro atoms. The minimum absolute atomic E-state index is 0.0210. The molecule has 3 atom stereocenters. The van der Waals surface area contributed by atoms with Crippen molar-refractivity contribution in [3.05, 3.63) is 48.4 Å². The van der Waals surface area contributed by atoms with Crippen molar-refractivity contribution in [3.63, 3.8) is 0 Å². The summed E-state index contributed by atoms with van der Waals surface area (Å²) in [4.78, 5) is 53.9. The number of amides is 3. The highest BCUT2D eigenvalue weighted by molar-refractivity contribution is 6.40. The Bertz CT molecular complexity index is 1590. The van der Waals surface area contributed by atoms with Gasteiger partial charge in [-0.2, -0.15) is 5.10 Å². The van der Waals surface area contributed by atoms with Gasteiger partial charge in [0, 0.05) is 74.6 Å². The van der Waals surface area contributed by atoms with Crippen molar-refractivity contribution in [2.45, 2.75) is 65.3 Å². The van der Waals surface area contributed by atoms with Gasteiger partial charge >= 0.3 is 11.8 Å². The molecule has 3 amide bonds. The molecule has 6 rings (SSSR count). The Morgan fingerprint density at radius 2 is 1.76 bits per heavy atom. The number of piperazine rings is 2. The molecule has 46 heavy (non-hydrogen) atoms. The lowest BCUT2D eigenvalue weighted by atomic mass is 9.91. The van der Waals surface area contributed by atoms with Gasteiger partial charge in [-0.15, -0.1) is 0 Å². The van der Waals surface area contributed by atoms with Crippen LogP contribution in [0.4, 0.5) is 11.4 Å². The molecule has 0 bridgehead atoms. The molecule has 3 aliphatic heterocycles. The molecule has 1 aromatic carbocycles. The Hall–Kier alpha value is -4.03. The molecule has 3 fully saturated rings. The summed E-state index contributed by atoms with van der Waals surface area (Å²) in [6, 6.07) is 7.42. The number of carbonyl (C=O) groups excluding carboxylic acids is 3. The van der Waals surface area contributed by atoms with Crippen LogP contribution in [0.2, 0.25) is 0 Å². The maximum absolute atomic E-state index is 14.1. The molecule has 0 aliphatic carbocycles. The zero-order valence-electron chi connectivity index (χ0n) is 27.6. The van der Waals surface area contributed by atoms with Crippen LogP contribution in [-0.2, 0) is 19.1 Å². The van der Waals surface area contributed by atoms with E-state index >= 15 is 0 Å². The number of nitrogens with zero attached hydrogens (tertiary/aromatic N) is 7. The molecular weight excluding hydrogens is 584 g/mol. The Morgan fingerprint density at radius 1 is 0.978 bits per heavy atom. The molecule has 1 N–H and O–H groups in total. The van der Waals surface area contributed by atoms with E-state index in [0.29, 0.717) is 24.4 Å². The van der Waals surface area contributed by atoms with Crippen molar-refractivity contribution >= 4 is 40.0 Å². The summed E-state index contributed by atoms with van der Waals surface area (Å²) in [6.45, 7) is 12.6. The fraction of sp³-hybridized carbons (Fsp3) is 0.559. The quantitative estimate of drug-likeness (QED) is 0.435. The van der Waals surface area contributed by atoms with Crippen molar-refractivity contribution in [3.8, 4) is 0 Å². The van der Waals surface area contributed by atoms with E-state index in [9.17, 15) is 14.4 Å². The van der Waals surface area contributed by atoms with Crippen molar-refractivity contribution in [1.82, 2.24) is 29.5 Å². The third-order valence-electron chi connectivity index (χ3n) is 9.39. The number of anilines is 2. The maximum Gasteiger partial charge on any atom is 0.314 e. The van der Waals surface area contributed by atoms with Crippen molar-refractivity contribution in [2.24, 2.45) is 5.41 Å². The van der Waals surface area contributed by atoms with E-state index in [-0.39, 0.29) is 24.7 Å². The van der Waals surface area contributed by atoms with Crippen LogP contribution in [0.1, 0.15) is 64.8 Å². The van der Waals surface area contributed by atoms with Crippen LogP contribution < -0.4 is 10.2 Å². The molecule has 3 aliphatic rings. The maximum atomic E-state index is 14.1. The normalized spacial score (nSPS) is 23.1. The van der Waals surface area contributed by atoms with Crippen molar-refractivity contribution in [2.75, 3.05) is 63.1 Å². The second-order valence-electron chi connectivity index (χ2n) is 13.9. The summed E-state index contributed by atoms with van der Waals surface area (Å²) in [5.74, 6) is -1.39. The summed E-state index contributed by atoms with van der Waals surface area (Å²) in [7, 11) is 2.13. The molecule has 12 heteroatoms. The number of aromatic nitrogens is 3. The van der Waals surface area contributed by atoms with Gasteiger partial charge in [-0.05, 0) is 50.9 Å². The lowest BCUT2D eigenvalue weighted by molar-refractivity contribution is -0.154. The molecule has 246 valence electrons. The number of ether oxygens (including phenoxy) is 1. The summed E-state index contributed by atoms with van der Waals surface area (Å²) < 4.78 is 7.75. The zero-order valence-corrected chi connectivity index (χ0v) is 27.6. The summed E-state index contributed by atoms with van der Waals surface area (Å²) in [5.41, 5.74) is 2.47. The predicted molar refractivity (Wildman–Crippen MR) is 176 cm³/mol. The molecule has 12 nitrogen and oxygen atoms in total. The van der Waals surface area contributed by atoms with Crippen LogP contribution in [-0.4, -0.2) is 106 Å². The highest BCUT2D eigenvalue weighted by Gasteiger charge is 2.42. The fourth-order valence-corrected chi connectivity index (χ4v) is 6.73. The number of nitrogens with one attached hydrogen (secondary N) is 1. The smallest absolute Gasteiger partial charge is 0.314 e. The summed E-state index contributed by atoms with van der Waals surface area (Å²) >= 11 is 0. The van der Waals surface area contributed by atoms with Crippen molar-refractivity contribution in [1.29, 1.82) is 0 Å². The minimum Gasteiger partial charge on any atom is -0.369 e. The van der Waals surface area contributed by atoms with Gasteiger partial charge in [-0.25, -0.2) is 4.68 Å². The average molecular weight is 631 g/mol. The fourth-order valence-electron chi connectivity index (χ4n) is 6.73. The number of rotatable bonds is 4. The molecule has 3 aromatic rings. The van der Waals surface area contributed by atoms with E-state index in [4.69, 9.17) is 4.74 Å². The second kappa shape index (κ2) is 13.0. The standard InChI is InChI=1S/C34H46N8O4/c1-23-21-41(32(44)31(43)37-27-20-35-18-25-19-36-42(30(25)27)29-11-6-7-16-46-29)28(22-40(23)33(45)34(2,3)4)24-9-8-10-26(17-24)39-14-12-38(5)13-15-39/h8-10,17-20,23,28-29H,6-7,11-16,21-22H2,1-5H3,(H,37,43)/t23-,28-,29?/m1/s1. The Morgan fingerprint density at radius 3 is 2.48 bits per heavy atom. The number of hydrogen-bond donors (Lipinski definition) is 1. The number of pyridine rings is 1. The van der Waals surface area contributed by atoms with Gasteiger partial charge in [0.25, 0.3) is 0 Å². The van der Waals surface area contributed by atoms with E-state index in [2.05, 4.69) is 44.4 Å². The molecular formula is C34H46N8O4. The molecule has 2 aromatic heterocycles. The average Bonchev–Trinajstić information content (AvgIpc) is 3.50. The van der Waals surface area contributed by atoms with Gasteiger partial charge in [-0.3, -0.25) is 19.4 Å². The van der Waals surface area contributed by atoms with E-state index < -0.39 is 23.3 Å². The van der Waals surface area contributed by atoms with Crippen LogP contribution in [0.3, 0.4) is 0 Å². The molecule has 3 saturated heterocycles. The first-order valence-electron chi connectivity index (χ1n) is 16.4. The van der Waals surface area contributed by atoms with Gasteiger partial charge in [0.05, 0.1) is 29.6 Å². The van der Waals surface area contributed by atoms with Gasteiger partial charge in [0.1, 0.15) is 0 Å². The second-order valence-corrected chi connectivity index (χ2v) is 13.9. The summed E-state index contributed by atoms with van der Waals surface area (Å²) in [6.07, 6.45) is 7.54. The van der Waals surface area contributed by atoms with Crippen LogP contribution in [0.15, 0.2) is 42.9 Å². The Kier molecular flexibility index (Phi) is 9.02. The van der Waals surface area contributed by atoms with E-state index in [1.54, 1.807) is 28.2 Å². The van der Waals surface area contributed by atoms with Crippen LogP contribution >= 0.6 is 0 Å². The third kappa shape index (κ3) is 6.46. The number of hydrogen-bond acceptors (Lipinski definition) is 8. The Labute approximate surface area is 270 Å². The number of fused-ring (bicyclic) bond motifs is 1. The lowest BCUT2D eigenvalue weighted by Crippen LogP contribution is -2.60. The van der Waals surface area contributed by atoms with Gasteiger partial charge in [0.2, 0.25) is 5.91 Å². The minimum atomic E-state index is -0.755. The highest BCUT2D eigenvalue weighted by Crippen LogP contribution is 2.34. The lowest BCUT2D eigenvalue weighted by Gasteiger charge is -2.47. The largest absolute Gasteiger partial charge is 0.369 e. The van der Waals surface area contributed by atoms with Gasteiger partial charge < -0.3 is 29.7 Å². The molecule has 1 unspecified atom stereocenters. The third-order valence-corrected chi connectivity index (χ3v) is 9.39. The summed E-state index contributed by atoms with van der Waals surface area (Å²) in [5, 5.41) is 8.15. The first kappa shape index (κ1) is 31.9. The predicted octanol–water partition coefficient (Wildman–Crippen LogP) is 3.67. The first-order chi connectivity index (χ1) is 22.0. The first-order valence-corrected chi connectivity index (χ1v) is 16.4. The molecule has 0 radical (unpaired) electrons. The monoisotopic (exact) mass is 630 g/mol. The van der Waals surface area contributed by atoms with Crippen LogP contribution in [0, 0.1) is 5.41 Å². The highest BCUT2D eigenvalue weighted by atomic mass is 16.5. The number of carbonyl (C=O) groups is 3. The van der Waals surface area contributed by atoms with Gasteiger partial charge in [0.15, 0.2) is 6.23 Å². The molecule has 5 heterocycles. The van der Waals surface area contributed by atoms with Crippen molar-refractivity contribution < 1.29 is 19.1 Å². The van der Waals surface area contributed by atoms with E-state index in [0.717, 1.165) is 62.1 Å². The zero-order chi connectivity index (χ0) is 32.6. The van der Waals surface area contributed by atoms with Gasteiger partial charge in [-0.1, -0.05) is 32.9 Å².